The van der Waals surface area contributed by atoms with Gasteiger partial charge in [-0.2, -0.15) is 23.3 Å². The molecule has 0 fully saturated rings. The van der Waals surface area contributed by atoms with Crippen molar-refractivity contribution >= 4 is 11.7 Å². The van der Waals surface area contributed by atoms with Gasteiger partial charge in [0.15, 0.2) is 0 Å². The van der Waals surface area contributed by atoms with E-state index in [4.69, 9.17) is 5.73 Å². The maximum Gasteiger partial charge on any atom is 0.438 e. The molecule has 2 rings (SSSR count). The number of urea groups is 1. The highest BCUT2D eigenvalue weighted by Gasteiger charge is 2.63. The van der Waals surface area contributed by atoms with Gasteiger partial charge in [-0.25, -0.2) is 4.79 Å². The molecular formula is C11H10F3N3O2. The van der Waals surface area contributed by atoms with E-state index >= 15 is 0 Å². The Morgan fingerprint density at radius 3 is 2.37 bits per heavy atom. The van der Waals surface area contributed by atoms with Gasteiger partial charge < -0.3 is 10.8 Å². The molecule has 8 heteroatoms. The van der Waals surface area contributed by atoms with E-state index in [9.17, 15) is 23.1 Å². The van der Waals surface area contributed by atoms with Gasteiger partial charge in [0.2, 0.25) is 0 Å². The van der Waals surface area contributed by atoms with Crippen molar-refractivity contribution in [1.82, 2.24) is 5.01 Å². The number of hydrazone groups is 1. The summed E-state index contributed by atoms with van der Waals surface area (Å²) in [6.07, 6.45) is -5.91. The second-order valence-electron chi connectivity index (χ2n) is 4.05. The molecule has 2 amide bonds. The number of hydrogen-bond acceptors (Lipinski definition) is 3. The molecule has 0 aromatic heterocycles. The van der Waals surface area contributed by atoms with Crippen LogP contribution in [0, 0.1) is 0 Å². The maximum absolute atomic E-state index is 12.9. The first kappa shape index (κ1) is 13.3. The highest BCUT2D eigenvalue weighted by molar-refractivity contribution is 6.03. The predicted molar refractivity (Wildman–Crippen MR) is 60.0 cm³/mol. The SMILES string of the molecule is NC(=O)N1N=C(c2ccccc2)CC1(O)C(F)(F)F. The number of nitrogens with two attached hydrogens (primary N) is 1. The normalized spacial score (nSPS) is 23.4. The van der Waals surface area contributed by atoms with E-state index in [2.05, 4.69) is 5.10 Å². The Morgan fingerprint density at radius 2 is 1.95 bits per heavy atom. The van der Waals surface area contributed by atoms with Gasteiger partial charge in [0.05, 0.1) is 12.1 Å². The number of halogens is 3. The van der Waals surface area contributed by atoms with Crippen molar-refractivity contribution in [3.8, 4) is 0 Å². The van der Waals surface area contributed by atoms with Crippen LogP contribution in [0.5, 0.6) is 0 Å². The third-order valence-electron chi connectivity index (χ3n) is 2.75. The Kier molecular flexibility index (Phi) is 2.97. The lowest BCUT2D eigenvalue weighted by molar-refractivity contribution is -0.296. The average molecular weight is 273 g/mol. The molecule has 3 N–H and O–H groups in total. The Bertz CT molecular complexity index is 530. The molecule has 0 saturated carbocycles. The molecule has 1 aliphatic heterocycles. The molecule has 5 nitrogen and oxygen atoms in total. The van der Waals surface area contributed by atoms with Crippen LogP contribution in [0.25, 0.3) is 0 Å². The second kappa shape index (κ2) is 4.23. The molecule has 102 valence electrons. The van der Waals surface area contributed by atoms with Gasteiger partial charge in [-0.15, -0.1) is 0 Å². The molecule has 19 heavy (non-hydrogen) atoms. The maximum atomic E-state index is 12.9. The number of nitrogens with zero attached hydrogens (tertiary/aromatic N) is 2. The zero-order chi connectivity index (χ0) is 14.3. The lowest BCUT2D eigenvalue weighted by Gasteiger charge is -2.31. The highest BCUT2D eigenvalue weighted by Crippen LogP contribution is 2.40. The van der Waals surface area contributed by atoms with E-state index in [0.717, 1.165) is 0 Å². The van der Waals surface area contributed by atoms with Crippen molar-refractivity contribution in [3.05, 3.63) is 35.9 Å². The van der Waals surface area contributed by atoms with Crippen LogP contribution in [0.4, 0.5) is 18.0 Å². The lowest BCUT2D eigenvalue weighted by atomic mass is 10.0. The van der Waals surface area contributed by atoms with Gasteiger partial charge in [0, 0.05) is 0 Å². The molecular weight excluding hydrogens is 263 g/mol. The number of amides is 2. The molecule has 0 aliphatic carbocycles. The lowest BCUT2D eigenvalue weighted by Crippen LogP contribution is -2.57. The van der Waals surface area contributed by atoms with E-state index in [1.54, 1.807) is 18.2 Å². The molecule has 1 unspecified atom stereocenters. The van der Waals surface area contributed by atoms with E-state index in [-0.39, 0.29) is 10.7 Å². The summed E-state index contributed by atoms with van der Waals surface area (Å²) in [4.78, 5) is 11.0. The number of carbonyl (C=O) groups is 1. The molecule has 0 saturated heterocycles. The van der Waals surface area contributed by atoms with Gasteiger partial charge in [-0.05, 0) is 5.56 Å². The monoisotopic (exact) mass is 273 g/mol. The summed E-state index contributed by atoms with van der Waals surface area (Å²) >= 11 is 0. The average Bonchev–Trinajstić information content (AvgIpc) is 2.69. The first-order valence-corrected chi connectivity index (χ1v) is 5.27. The van der Waals surface area contributed by atoms with Crippen molar-refractivity contribution in [3.63, 3.8) is 0 Å². The fourth-order valence-corrected chi connectivity index (χ4v) is 1.79. The Labute approximate surface area is 106 Å². The van der Waals surface area contributed by atoms with Crippen molar-refractivity contribution in [2.75, 3.05) is 0 Å². The van der Waals surface area contributed by atoms with Gasteiger partial charge >= 0.3 is 12.2 Å². The summed E-state index contributed by atoms with van der Waals surface area (Å²) < 4.78 is 38.6. The second-order valence-corrected chi connectivity index (χ2v) is 4.05. The molecule has 0 bridgehead atoms. The van der Waals surface area contributed by atoms with E-state index in [1.165, 1.54) is 12.1 Å². The Morgan fingerprint density at radius 1 is 1.37 bits per heavy atom. The number of rotatable bonds is 1. The molecule has 1 atom stereocenters. The van der Waals surface area contributed by atoms with E-state index < -0.39 is 24.4 Å². The molecule has 1 aliphatic rings. The fourth-order valence-electron chi connectivity index (χ4n) is 1.79. The minimum absolute atomic E-state index is 0.0563. The van der Waals surface area contributed by atoms with Crippen LogP contribution in [0.1, 0.15) is 12.0 Å². The van der Waals surface area contributed by atoms with Crippen LogP contribution in [-0.4, -0.2) is 33.8 Å². The number of primary amides is 1. The van der Waals surface area contributed by atoms with Crippen molar-refractivity contribution < 1.29 is 23.1 Å². The smallest absolute Gasteiger partial charge is 0.362 e. The Balaban J connectivity index is 2.42. The molecule has 1 aromatic rings. The van der Waals surface area contributed by atoms with Crippen molar-refractivity contribution in [2.24, 2.45) is 10.8 Å². The summed E-state index contributed by atoms with van der Waals surface area (Å²) in [5.74, 6) is 0. The minimum atomic E-state index is -5.05. The first-order chi connectivity index (χ1) is 8.75. The summed E-state index contributed by atoms with van der Waals surface area (Å²) in [7, 11) is 0. The molecule has 0 radical (unpaired) electrons. The number of hydrogen-bond donors (Lipinski definition) is 2. The largest absolute Gasteiger partial charge is 0.438 e. The molecule has 1 heterocycles. The third-order valence-corrected chi connectivity index (χ3v) is 2.75. The van der Waals surface area contributed by atoms with Crippen molar-refractivity contribution in [1.29, 1.82) is 0 Å². The van der Waals surface area contributed by atoms with E-state index in [0.29, 0.717) is 5.56 Å². The zero-order valence-electron chi connectivity index (χ0n) is 9.55. The fraction of sp³-hybridized carbons (Fsp3) is 0.273. The summed E-state index contributed by atoms with van der Waals surface area (Å²) in [5.41, 5.74) is 1.76. The van der Waals surface area contributed by atoms with Crippen LogP contribution in [0.2, 0.25) is 0 Å². The van der Waals surface area contributed by atoms with Crippen molar-refractivity contribution in [2.45, 2.75) is 18.3 Å². The molecule has 0 spiro atoms. The van der Waals surface area contributed by atoms with Crippen LogP contribution in [0.15, 0.2) is 35.4 Å². The van der Waals surface area contributed by atoms with Gasteiger partial charge in [0.25, 0.3) is 5.72 Å². The zero-order valence-corrected chi connectivity index (χ0v) is 9.55. The van der Waals surface area contributed by atoms with Gasteiger partial charge in [-0.1, -0.05) is 30.3 Å². The summed E-state index contributed by atoms with van der Waals surface area (Å²) in [5, 5.41) is 13.0. The highest BCUT2D eigenvalue weighted by atomic mass is 19.4. The summed E-state index contributed by atoms with van der Waals surface area (Å²) in [6.45, 7) is 0. The minimum Gasteiger partial charge on any atom is -0.362 e. The van der Waals surface area contributed by atoms with Crippen LogP contribution >= 0.6 is 0 Å². The number of alkyl halides is 3. The van der Waals surface area contributed by atoms with Crippen LogP contribution in [-0.2, 0) is 0 Å². The van der Waals surface area contributed by atoms with Gasteiger partial charge in [0.1, 0.15) is 0 Å². The third kappa shape index (κ3) is 2.14. The first-order valence-electron chi connectivity index (χ1n) is 5.27. The topological polar surface area (TPSA) is 78.9 Å². The van der Waals surface area contributed by atoms with Crippen LogP contribution in [0.3, 0.4) is 0 Å². The van der Waals surface area contributed by atoms with E-state index in [1.807, 2.05) is 0 Å². The van der Waals surface area contributed by atoms with Crippen LogP contribution < -0.4 is 5.73 Å². The Hall–Kier alpha value is -2.09. The quantitative estimate of drug-likeness (QED) is 0.811. The standard InChI is InChI=1S/C11H10F3N3O2/c12-11(13,14)10(19)6-8(16-17(10)9(15)18)7-4-2-1-3-5-7/h1-5,19H,6H2,(H2,15,18). The number of aliphatic hydroxyl groups is 1. The number of carbonyl (C=O) groups excluding carboxylic acids is 1. The summed E-state index contributed by atoms with van der Waals surface area (Å²) in [6, 6.07) is 6.49. The van der Waals surface area contributed by atoms with Gasteiger partial charge in [-0.3, -0.25) is 0 Å². The molecule has 1 aromatic carbocycles. The predicted octanol–water partition coefficient (Wildman–Crippen LogP) is 1.43. The number of benzene rings is 1.